The molecule has 2 rings (SSSR count). The normalized spacial score (nSPS) is 10.2. The Bertz CT molecular complexity index is 557. The van der Waals surface area contributed by atoms with Gasteiger partial charge in [0.1, 0.15) is 0 Å². The maximum atomic E-state index is 11.8. The number of aryl methyl sites for hydroxylation is 1. The Morgan fingerprint density at radius 2 is 2.10 bits per heavy atom. The number of nitrogens with zero attached hydrogens (tertiary/aromatic N) is 1. The van der Waals surface area contributed by atoms with Crippen molar-refractivity contribution in [1.82, 2.24) is 10.3 Å². The molecule has 0 aliphatic rings. The van der Waals surface area contributed by atoms with E-state index in [1.807, 2.05) is 36.4 Å². The lowest BCUT2D eigenvalue weighted by molar-refractivity contribution is -0.120. The summed E-state index contributed by atoms with van der Waals surface area (Å²) in [6, 6.07) is 13.2. The smallest absolute Gasteiger partial charge is 0.224 e. The van der Waals surface area contributed by atoms with Crippen LogP contribution in [0.4, 0.5) is 0 Å². The average molecular weight is 289 g/mol. The second-order valence-corrected chi connectivity index (χ2v) is 5.02. The predicted molar refractivity (Wildman–Crippen MR) is 80.7 cm³/mol. The highest BCUT2D eigenvalue weighted by Gasteiger charge is 2.03. The van der Waals surface area contributed by atoms with Gasteiger partial charge < -0.3 is 5.32 Å². The van der Waals surface area contributed by atoms with Crippen LogP contribution < -0.4 is 5.32 Å². The third-order valence-corrected chi connectivity index (χ3v) is 3.15. The lowest BCUT2D eigenvalue weighted by atomic mass is 10.1. The first-order valence-corrected chi connectivity index (χ1v) is 7.03. The zero-order valence-electron chi connectivity index (χ0n) is 11.2. The molecule has 2 aromatic rings. The van der Waals surface area contributed by atoms with E-state index in [9.17, 15) is 4.79 Å². The van der Waals surface area contributed by atoms with E-state index in [4.69, 9.17) is 11.6 Å². The number of pyridine rings is 1. The standard InChI is InChI=1S/C16H17ClN2O/c17-14-6-3-5-13(11-14)12-16(20)19-10-4-8-15-7-1-2-9-18-15/h1-3,5-7,9,11H,4,8,10,12H2,(H,19,20). The van der Waals surface area contributed by atoms with Crippen LogP contribution >= 0.6 is 11.6 Å². The Labute approximate surface area is 124 Å². The highest BCUT2D eigenvalue weighted by molar-refractivity contribution is 6.30. The van der Waals surface area contributed by atoms with Crippen molar-refractivity contribution in [1.29, 1.82) is 0 Å². The molecule has 1 aromatic heterocycles. The number of aromatic nitrogens is 1. The molecule has 0 unspecified atom stereocenters. The molecule has 0 bridgehead atoms. The Kier molecular flexibility index (Phi) is 5.56. The van der Waals surface area contributed by atoms with E-state index in [-0.39, 0.29) is 5.91 Å². The molecule has 0 radical (unpaired) electrons. The van der Waals surface area contributed by atoms with Crippen LogP contribution in [0.5, 0.6) is 0 Å². The Morgan fingerprint density at radius 3 is 2.85 bits per heavy atom. The van der Waals surface area contributed by atoms with Crippen molar-refractivity contribution >= 4 is 17.5 Å². The van der Waals surface area contributed by atoms with E-state index in [0.29, 0.717) is 18.0 Å². The molecule has 20 heavy (non-hydrogen) atoms. The Hall–Kier alpha value is -1.87. The van der Waals surface area contributed by atoms with Crippen LogP contribution in [-0.2, 0) is 17.6 Å². The largest absolute Gasteiger partial charge is 0.356 e. The molecule has 0 spiro atoms. The zero-order chi connectivity index (χ0) is 14.2. The maximum Gasteiger partial charge on any atom is 0.224 e. The fraction of sp³-hybridized carbons (Fsp3) is 0.250. The molecule has 4 heteroatoms. The predicted octanol–water partition coefficient (Wildman–Crippen LogP) is 3.03. The molecule has 0 aliphatic heterocycles. The fourth-order valence-corrected chi connectivity index (χ4v) is 2.15. The number of hydrogen-bond donors (Lipinski definition) is 1. The Morgan fingerprint density at radius 1 is 1.20 bits per heavy atom. The number of halogens is 1. The number of rotatable bonds is 6. The maximum absolute atomic E-state index is 11.8. The van der Waals surface area contributed by atoms with E-state index in [1.54, 1.807) is 12.3 Å². The van der Waals surface area contributed by atoms with Gasteiger partial charge >= 0.3 is 0 Å². The summed E-state index contributed by atoms with van der Waals surface area (Å²) >= 11 is 5.88. The average Bonchev–Trinajstić information content (AvgIpc) is 2.45. The van der Waals surface area contributed by atoms with Gasteiger partial charge in [0.15, 0.2) is 0 Å². The lowest BCUT2D eigenvalue weighted by Crippen LogP contribution is -2.26. The summed E-state index contributed by atoms with van der Waals surface area (Å²) in [4.78, 5) is 16.0. The van der Waals surface area contributed by atoms with Crippen molar-refractivity contribution in [2.24, 2.45) is 0 Å². The van der Waals surface area contributed by atoms with Crippen LogP contribution in [0.25, 0.3) is 0 Å². The van der Waals surface area contributed by atoms with Crippen molar-refractivity contribution in [2.45, 2.75) is 19.3 Å². The molecule has 0 aliphatic carbocycles. The molecule has 3 nitrogen and oxygen atoms in total. The summed E-state index contributed by atoms with van der Waals surface area (Å²) in [6.07, 6.45) is 3.91. The molecular formula is C16H17ClN2O. The minimum atomic E-state index is 0.0216. The second kappa shape index (κ2) is 7.65. The van der Waals surface area contributed by atoms with Gasteiger partial charge in [0.2, 0.25) is 5.91 Å². The minimum absolute atomic E-state index is 0.0216. The number of hydrogen-bond acceptors (Lipinski definition) is 2. The van der Waals surface area contributed by atoms with Gasteiger partial charge in [0.25, 0.3) is 0 Å². The highest BCUT2D eigenvalue weighted by Crippen LogP contribution is 2.10. The van der Waals surface area contributed by atoms with E-state index in [1.165, 1.54) is 0 Å². The molecular weight excluding hydrogens is 272 g/mol. The fourth-order valence-electron chi connectivity index (χ4n) is 1.94. The third-order valence-electron chi connectivity index (χ3n) is 2.91. The highest BCUT2D eigenvalue weighted by atomic mass is 35.5. The van der Waals surface area contributed by atoms with Crippen molar-refractivity contribution < 1.29 is 4.79 Å². The first-order valence-electron chi connectivity index (χ1n) is 6.65. The van der Waals surface area contributed by atoms with Gasteiger partial charge in [-0.15, -0.1) is 0 Å². The first-order chi connectivity index (χ1) is 9.74. The van der Waals surface area contributed by atoms with Crippen molar-refractivity contribution in [3.8, 4) is 0 Å². The first kappa shape index (κ1) is 14.5. The molecule has 1 heterocycles. The van der Waals surface area contributed by atoms with E-state index < -0.39 is 0 Å². The molecule has 1 amide bonds. The topological polar surface area (TPSA) is 42.0 Å². The van der Waals surface area contributed by atoms with Crippen LogP contribution in [0, 0.1) is 0 Å². The van der Waals surface area contributed by atoms with Crippen LogP contribution in [0.1, 0.15) is 17.7 Å². The molecule has 1 aromatic carbocycles. The SMILES string of the molecule is O=C(Cc1cccc(Cl)c1)NCCCc1ccccn1. The summed E-state index contributed by atoms with van der Waals surface area (Å²) in [5, 5.41) is 3.57. The third kappa shape index (κ3) is 5.02. The van der Waals surface area contributed by atoms with E-state index in [2.05, 4.69) is 10.3 Å². The van der Waals surface area contributed by atoms with Crippen LogP contribution in [0.3, 0.4) is 0 Å². The number of benzene rings is 1. The van der Waals surface area contributed by atoms with Crippen LogP contribution in [-0.4, -0.2) is 17.4 Å². The summed E-state index contributed by atoms with van der Waals surface area (Å²) in [5.74, 6) is 0.0216. The molecule has 0 saturated carbocycles. The van der Waals surface area contributed by atoms with E-state index >= 15 is 0 Å². The van der Waals surface area contributed by atoms with Crippen LogP contribution in [0.15, 0.2) is 48.7 Å². The van der Waals surface area contributed by atoms with Crippen LogP contribution in [0.2, 0.25) is 5.02 Å². The summed E-state index contributed by atoms with van der Waals surface area (Å²) < 4.78 is 0. The monoisotopic (exact) mass is 288 g/mol. The van der Waals surface area contributed by atoms with Gasteiger partial charge in [-0.2, -0.15) is 0 Å². The molecule has 0 fully saturated rings. The van der Waals surface area contributed by atoms with Gasteiger partial charge in [-0.25, -0.2) is 0 Å². The number of nitrogens with one attached hydrogen (secondary N) is 1. The van der Waals surface area contributed by atoms with Crippen molar-refractivity contribution in [2.75, 3.05) is 6.54 Å². The van der Waals surface area contributed by atoms with Gasteiger partial charge in [0.05, 0.1) is 6.42 Å². The zero-order valence-corrected chi connectivity index (χ0v) is 11.9. The number of carbonyl (C=O) groups excluding carboxylic acids is 1. The lowest BCUT2D eigenvalue weighted by Gasteiger charge is -2.05. The Balaban J connectivity index is 1.68. The summed E-state index contributed by atoms with van der Waals surface area (Å²) in [7, 11) is 0. The molecule has 104 valence electrons. The number of carbonyl (C=O) groups is 1. The molecule has 0 saturated heterocycles. The van der Waals surface area contributed by atoms with Crippen molar-refractivity contribution in [3.63, 3.8) is 0 Å². The summed E-state index contributed by atoms with van der Waals surface area (Å²) in [6.45, 7) is 0.663. The quantitative estimate of drug-likeness (QED) is 0.830. The summed E-state index contributed by atoms with van der Waals surface area (Å²) in [5.41, 5.74) is 1.98. The van der Waals surface area contributed by atoms with Crippen molar-refractivity contribution in [3.05, 3.63) is 64.9 Å². The van der Waals surface area contributed by atoms with Gasteiger partial charge in [-0.05, 0) is 42.7 Å². The van der Waals surface area contributed by atoms with Gasteiger partial charge in [-0.3, -0.25) is 9.78 Å². The van der Waals surface area contributed by atoms with E-state index in [0.717, 1.165) is 24.1 Å². The molecule has 1 N–H and O–H groups in total. The second-order valence-electron chi connectivity index (χ2n) is 4.58. The number of amides is 1. The minimum Gasteiger partial charge on any atom is -0.356 e. The van der Waals surface area contributed by atoms with Gasteiger partial charge in [-0.1, -0.05) is 29.8 Å². The van der Waals surface area contributed by atoms with Gasteiger partial charge in [0, 0.05) is 23.5 Å². The molecule has 0 atom stereocenters.